The molecule has 1 unspecified atom stereocenters. The number of anilines is 1. The molecule has 0 saturated heterocycles. The van der Waals surface area contributed by atoms with Crippen molar-refractivity contribution in [3.63, 3.8) is 0 Å². The number of aromatic nitrogens is 1. The largest absolute Gasteiger partial charge is 0.513 e. The monoisotopic (exact) mass is 360 g/mol. The third kappa shape index (κ3) is 3.25. The minimum Gasteiger partial charge on any atom is -0.434 e. The summed E-state index contributed by atoms with van der Waals surface area (Å²) in [5.41, 5.74) is 2.06. The Morgan fingerprint density at radius 1 is 1.28 bits per heavy atom. The summed E-state index contributed by atoms with van der Waals surface area (Å²) in [6.45, 7) is 3.64. The normalized spacial score (nSPS) is 16.0. The second-order valence-electron chi connectivity index (χ2n) is 5.49. The van der Waals surface area contributed by atoms with E-state index in [1.807, 2.05) is 6.07 Å². The quantitative estimate of drug-likeness (QED) is 0.809. The number of carbonyl (C=O) groups excluding carboxylic acids is 1. The molecule has 0 fully saturated rings. The lowest BCUT2D eigenvalue weighted by molar-refractivity contribution is 0.0777. The number of fused-ring (bicyclic) bond motifs is 1. The van der Waals surface area contributed by atoms with Crippen LogP contribution < -0.4 is 10.9 Å². The molecule has 1 aliphatic heterocycles. The maximum atomic E-state index is 12.5. The summed E-state index contributed by atoms with van der Waals surface area (Å²) >= 11 is 6.36. The molecular formula is C18H17ClN2O4. The fourth-order valence-electron chi connectivity index (χ4n) is 2.88. The number of rotatable bonds is 3. The first-order valence-electron chi connectivity index (χ1n) is 7.81. The van der Waals surface area contributed by atoms with Crippen molar-refractivity contribution in [1.29, 1.82) is 0 Å². The Balaban J connectivity index is 2.19. The van der Waals surface area contributed by atoms with Crippen LogP contribution in [0, 0.1) is 0 Å². The van der Waals surface area contributed by atoms with Gasteiger partial charge in [-0.25, -0.2) is 4.79 Å². The molecule has 2 N–H and O–H groups in total. The molecule has 1 aliphatic rings. The van der Waals surface area contributed by atoms with Crippen molar-refractivity contribution < 1.29 is 14.3 Å². The number of carbonyl (C=O) groups is 1. The van der Waals surface area contributed by atoms with Crippen molar-refractivity contribution in [2.24, 2.45) is 0 Å². The van der Waals surface area contributed by atoms with Gasteiger partial charge >= 0.3 is 6.16 Å². The molecule has 0 spiro atoms. The fraction of sp³-hybridized carbons (Fsp3) is 0.222. The number of benzene rings is 1. The molecule has 2 heterocycles. The van der Waals surface area contributed by atoms with Crippen molar-refractivity contribution >= 4 is 23.4 Å². The highest BCUT2D eigenvalue weighted by Gasteiger charge is 2.34. The van der Waals surface area contributed by atoms with Crippen molar-refractivity contribution in [3.8, 4) is 0 Å². The maximum Gasteiger partial charge on any atom is 0.513 e. The predicted octanol–water partition coefficient (Wildman–Crippen LogP) is 3.99. The smallest absolute Gasteiger partial charge is 0.434 e. The van der Waals surface area contributed by atoms with E-state index in [9.17, 15) is 9.59 Å². The summed E-state index contributed by atoms with van der Waals surface area (Å²) in [4.78, 5) is 27.0. The number of aromatic amines is 1. The van der Waals surface area contributed by atoms with E-state index >= 15 is 0 Å². The van der Waals surface area contributed by atoms with Gasteiger partial charge in [-0.05, 0) is 31.5 Å². The number of ether oxygens (including phenoxy) is 2. The summed E-state index contributed by atoms with van der Waals surface area (Å²) in [6.07, 6.45) is 0.731. The van der Waals surface area contributed by atoms with Crippen LogP contribution in [0.5, 0.6) is 0 Å². The Kier molecular flexibility index (Phi) is 4.81. The molecular weight excluding hydrogens is 344 g/mol. The minimum absolute atomic E-state index is 0.187. The zero-order chi connectivity index (χ0) is 18.0. The molecule has 1 atom stereocenters. The SMILES string of the molecule is CCOC(=O)OC1=C(C)Nc2cc[nH]c(=O)c2C1c1ccccc1Cl. The van der Waals surface area contributed by atoms with Gasteiger partial charge in [0, 0.05) is 16.9 Å². The minimum atomic E-state index is -0.827. The lowest BCUT2D eigenvalue weighted by Gasteiger charge is -2.29. The van der Waals surface area contributed by atoms with Crippen LogP contribution in [0.25, 0.3) is 0 Å². The third-order valence-corrected chi connectivity index (χ3v) is 4.26. The molecule has 130 valence electrons. The van der Waals surface area contributed by atoms with Gasteiger partial charge in [0.25, 0.3) is 5.56 Å². The number of hydrogen-bond acceptors (Lipinski definition) is 5. The molecule has 25 heavy (non-hydrogen) atoms. The summed E-state index contributed by atoms with van der Waals surface area (Å²) < 4.78 is 10.3. The summed E-state index contributed by atoms with van der Waals surface area (Å²) in [5.74, 6) is -0.338. The molecule has 0 amide bonds. The molecule has 6 nitrogen and oxygen atoms in total. The molecule has 0 saturated carbocycles. The Hall–Kier alpha value is -2.73. The standard InChI is InChI=1S/C18H17ClN2O4/c1-3-24-18(23)25-16-10(2)21-13-8-9-20-17(22)15(13)14(16)11-6-4-5-7-12(11)19/h4-9,14,21H,3H2,1-2H3,(H,20,22). The van der Waals surface area contributed by atoms with E-state index in [1.54, 1.807) is 44.3 Å². The fourth-order valence-corrected chi connectivity index (χ4v) is 3.12. The van der Waals surface area contributed by atoms with Crippen LogP contribution in [0.15, 0.2) is 52.8 Å². The second kappa shape index (κ2) is 7.03. The highest BCUT2D eigenvalue weighted by Crippen LogP contribution is 2.42. The van der Waals surface area contributed by atoms with E-state index in [-0.39, 0.29) is 17.9 Å². The van der Waals surface area contributed by atoms with E-state index in [0.717, 1.165) is 0 Å². The topological polar surface area (TPSA) is 80.4 Å². The first-order valence-corrected chi connectivity index (χ1v) is 8.19. The molecule has 1 aromatic carbocycles. The Labute approximate surface area is 149 Å². The van der Waals surface area contributed by atoms with Gasteiger partial charge in [-0.3, -0.25) is 4.79 Å². The molecule has 2 aromatic rings. The third-order valence-electron chi connectivity index (χ3n) is 3.91. The van der Waals surface area contributed by atoms with Crippen molar-refractivity contribution in [2.45, 2.75) is 19.8 Å². The van der Waals surface area contributed by atoms with Gasteiger partial charge in [-0.2, -0.15) is 0 Å². The van der Waals surface area contributed by atoms with Crippen molar-refractivity contribution in [2.75, 3.05) is 11.9 Å². The van der Waals surface area contributed by atoms with E-state index in [4.69, 9.17) is 21.1 Å². The van der Waals surface area contributed by atoms with Crippen LogP contribution in [0.1, 0.15) is 30.9 Å². The van der Waals surface area contributed by atoms with Gasteiger partial charge in [0.05, 0.1) is 23.8 Å². The van der Waals surface area contributed by atoms with Crippen LogP contribution in [-0.2, 0) is 9.47 Å². The highest BCUT2D eigenvalue weighted by atomic mass is 35.5. The van der Waals surface area contributed by atoms with Crippen LogP contribution >= 0.6 is 11.6 Å². The molecule has 7 heteroatoms. The number of allylic oxidation sites excluding steroid dienone is 2. The number of halogens is 1. The molecule has 0 radical (unpaired) electrons. The van der Waals surface area contributed by atoms with Gasteiger partial charge in [0.15, 0.2) is 0 Å². The van der Waals surface area contributed by atoms with Gasteiger partial charge < -0.3 is 19.8 Å². The Morgan fingerprint density at radius 3 is 2.76 bits per heavy atom. The van der Waals surface area contributed by atoms with E-state index in [1.165, 1.54) is 0 Å². The zero-order valence-corrected chi connectivity index (χ0v) is 14.5. The predicted molar refractivity (Wildman–Crippen MR) is 94.8 cm³/mol. The first kappa shape index (κ1) is 17.1. The molecule has 1 aromatic heterocycles. The van der Waals surface area contributed by atoms with Crippen LogP contribution in [0.2, 0.25) is 5.02 Å². The van der Waals surface area contributed by atoms with Gasteiger partial charge in [-0.1, -0.05) is 29.8 Å². The van der Waals surface area contributed by atoms with Gasteiger partial charge in [0.1, 0.15) is 5.76 Å². The average Bonchev–Trinajstić information content (AvgIpc) is 2.57. The summed E-state index contributed by atoms with van der Waals surface area (Å²) in [7, 11) is 0. The lowest BCUT2D eigenvalue weighted by atomic mass is 9.86. The molecule has 0 bridgehead atoms. The van der Waals surface area contributed by atoms with Gasteiger partial charge in [-0.15, -0.1) is 0 Å². The first-order chi connectivity index (χ1) is 12.0. The van der Waals surface area contributed by atoms with E-state index in [2.05, 4.69) is 10.3 Å². The average molecular weight is 361 g/mol. The number of hydrogen-bond donors (Lipinski definition) is 2. The Morgan fingerprint density at radius 2 is 2.04 bits per heavy atom. The maximum absolute atomic E-state index is 12.5. The summed E-state index contributed by atoms with van der Waals surface area (Å²) in [6, 6.07) is 8.90. The number of nitrogens with one attached hydrogen (secondary N) is 2. The zero-order valence-electron chi connectivity index (χ0n) is 13.8. The summed E-state index contributed by atoms with van der Waals surface area (Å²) in [5, 5.41) is 3.57. The van der Waals surface area contributed by atoms with Crippen LogP contribution in [-0.4, -0.2) is 17.7 Å². The molecule has 0 aliphatic carbocycles. The lowest BCUT2D eigenvalue weighted by Crippen LogP contribution is -2.28. The van der Waals surface area contributed by atoms with E-state index < -0.39 is 12.1 Å². The van der Waals surface area contributed by atoms with Gasteiger partial charge in [0.2, 0.25) is 0 Å². The second-order valence-corrected chi connectivity index (χ2v) is 5.90. The number of pyridine rings is 1. The Bertz CT molecular complexity index is 904. The van der Waals surface area contributed by atoms with Crippen LogP contribution in [0.3, 0.4) is 0 Å². The van der Waals surface area contributed by atoms with Crippen molar-refractivity contribution in [3.05, 3.63) is 74.5 Å². The van der Waals surface area contributed by atoms with E-state index in [0.29, 0.717) is 27.5 Å². The number of H-pyrrole nitrogens is 1. The van der Waals surface area contributed by atoms with Crippen LogP contribution in [0.4, 0.5) is 10.5 Å². The van der Waals surface area contributed by atoms with Crippen molar-refractivity contribution in [1.82, 2.24) is 4.98 Å². The highest BCUT2D eigenvalue weighted by molar-refractivity contribution is 6.31. The molecule has 3 rings (SSSR count).